The van der Waals surface area contributed by atoms with Crippen LogP contribution < -0.4 is 10.5 Å². The number of nitrogens with two attached hydrogens (primary N) is 1. The first-order valence-electron chi connectivity index (χ1n) is 8.79. The lowest BCUT2D eigenvalue weighted by Gasteiger charge is -2.10. The molecular weight excluding hydrogens is 444 g/mol. The Balaban J connectivity index is 1.89. The number of hydrogen-bond donors (Lipinski definition) is 2. The second kappa shape index (κ2) is 6.98. The Labute approximate surface area is 171 Å². The van der Waals surface area contributed by atoms with Crippen LogP contribution in [-0.2, 0) is 16.6 Å². The SMILES string of the molecule is CS(=O)(=O)NCc1cc2nn(-c3ccc(Br)cc3)c(C(N)=O)c2cc1C1CC1. The average molecular weight is 463 g/mol. The number of amides is 1. The van der Waals surface area contributed by atoms with E-state index >= 15 is 0 Å². The van der Waals surface area contributed by atoms with Crippen molar-refractivity contribution in [2.45, 2.75) is 25.3 Å². The summed E-state index contributed by atoms with van der Waals surface area (Å²) in [5, 5.41) is 5.26. The Morgan fingerprint density at radius 2 is 1.96 bits per heavy atom. The molecule has 3 aromatic rings. The molecule has 146 valence electrons. The molecular formula is C19H19BrN4O3S. The van der Waals surface area contributed by atoms with Crippen molar-refractivity contribution < 1.29 is 13.2 Å². The fraction of sp³-hybridized carbons (Fsp3) is 0.263. The lowest BCUT2D eigenvalue weighted by molar-refractivity contribution is 0.0994. The summed E-state index contributed by atoms with van der Waals surface area (Å²) >= 11 is 3.40. The van der Waals surface area contributed by atoms with E-state index in [1.165, 1.54) is 0 Å². The molecule has 0 aliphatic heterocycles. The number of sulfonamides is 1. The van der Waals surface area contributed by atoms with Crippen LogP contribution in [-0.4, -0.2) is 30.4 Å². The van der Waals surface area contributed by atoms with Gasteiger partial charge in [-0.05, 0) is 66.3 Å². The molecule has 4 rings (SSSR count). The highest BCUT2D eigenvalue weighted by atomic mass is 79.9. The van der Waals surface area contributed by atoms with Crippen LogP contribution in [0.3, 0.4) is 0 Å². The van der Waals surface area contributed by atoms with Crippen LogP contribution in [0.2, 0.25) is 0 Å². The number of aromatic nitrogens is 2. The molecule has 0 saturated heterocycles. The molecule has 1 saturated carbocycles. The maximum absolute atomic E-state index is 12.2. The molecule has 0 spiro atoms. The predicted molar refractivity (Wildman–Crippen MR) is 111 cm³/mol. The molecule has 1 fully saturated rings. The van der Waals surface area contributed by atoms with Gasteiger partial charge in [0.25, 0.3) is 5.91 Å². The minimum Gasteiger partial charge on any atom is -0.364 e. The molecule has 3 N–H and O–H groups in total. The summed E-state index contributed by atoms with van der Waals surface area (Å²) in [6, 6.07) is 11.2. The summed E-state index contributed by atoms with van der Waals surface area (Å²) < 4.78 is 28.1. The van der Waals surface area contributed by atoms with Crippen molar-refractivity contribution in [1.82, 2.24) is 14.5 Å². The number of primary amides is 1. The van der Waals surface area contributed by atoms with Crippen LogP contribution >= 0.6 is 15.9 Å². The van der Waals surface area contributed by atoms with Gasteiger partial charge in [0.05, 0.1) is 17.5 Å². The van der Waals surface area contributed by atoms with Crippen LogP contribution in [0, 0.1) is 0 Å². The average Bonchev–Trinajstić information content (AvgIpc) is 3.39. The third-order valence-corrected chi connectivity index (χ3v) is 5.98. The van der Waals surface area contributed by atoms with Crippen LogP contribution in [0.5, 0.6) is 0 Å². The van der Waals surface area contributed by atoms with Gasteiger partial charge in [-0.3, -0.25) is 4.79 Å². The molecule has 28 heavy (non-hydrogen) atoms. The van der Waals surface area contributed by atoms with Crippen LogP contribution in [0.15, 0.2) is 40.9 Å². The van der Waals surface area contributed by atoms with E-state index in [9.17, 15) is 13.2 Å². The monoisotopic (exact) mass is 462 g/mol. The van der Waals surface area contributed by atoms with Gasteiger partial charge in [-0.1, -0.05) is 15.9 Å². The van der Waals surface area contributed by atoms with Crippen LogP contribution in [0.25, 0.3) is 16.6 Å². The number of fused-ring (bicyclic) bond motifs is 1. The van der Waals surface area contributed by atoms with Crippen LogP contribution in [0.1, 0.15) is 40.4 Å². The van der Waals surface area contributed by atoms with Gasteiger partial charge in [0, 0.05) is 16.4 Å². The second-order valence-corrected chi connectivity index (χ2v) is 9.79. The number of hydrogen-bond acceptors (Lipinski definition) is 4. The van der Waals surface area contributed by atoms with E-state index in [-0.39, 0.29) is 6.54 Å². The Morgan fingerprint density at radius 3 is 2.54 bits per heavy atom. The standard InChI is InChI=1S/C19H19BrN4O3S/c1-28(26,27)22-10-12-8-17-16(9-15(12)11-2-3-11)18(19(21)25)24(23-17)14-6-4-13(20)5-7-14/h4-9,11,22H,2-3,10H2,1H3,(H2,21,25). The maximum Gasteiger partial charge on any atom is 0.268 e. The topological polar surface area (TPSA) is 107 Å². The zero-order chi connectivity index (χ0) is 20.1. The van der Waals surface area contributed by atoms with E-state index in [1.807, 2.05) is 36.4 Å². The van der Waals surface area contributed by atoms with Gasteiger partial charge in [0.2, 0.25) is 10.0 Å². The van der Waals surface area contributed by atoms with E-state index in [0.717, 1.165) is 40.4 Å². The maximum atomic E-state index is 12.2. The molecule has 1 aliphatic carbocycles. The normalized spacial score (nSPS) is 14.5. The van der Waals surface area contributed by atoms with E-state index < -0.39 is 15.9 Å². The van der Waals surface area contributed by atoms with Crippen molar-refractivity contribution >= 4 is 42.8 Å². The highest BCUT2D eigenvalue weighted by Crippen LogP contribution is 2.43. The molecule has 0 atom stereocenters. The molecule has 1 amide bonds. The predicted octanol–water partition coefficient (Wildman–Crippen LogP) is 2.81. The Hall–Kier alpha value is -2.23. The van der Waals surface area contributed by atoms with Crippen molar-refractivity contribution in [3.8, 4) is 5.69 Å². The fourth-order valence-electron chi connectivity index (χ4n) is 3.34. The molecule has 0 radical (unpaired) electrons. The van der Waals surface area contributed by atoms with Crippen molar-refractivity contribution in [2.75, 3.05) is 6.26 Å². The zero-order valence-corrected chi connectivity index (χ0v) is 17.5. The van der Waals surface area contributed by atoms with Gasteiger partial charge in [-0.15, -0.1) is 0 Å². The minimum absolute atomic E-state index is 0.192. The summed E-state index contributed by atoms with van der Waals surface area (Å²) in [4.78, 5) is 12.2. The van der Waals surface area contributed by atoms with E-state index in [1.54, 1.807) is 4.68 Å². The molecule has 7 nitrogen and oxygen atoms in total. The second-order valence-electron chi connectivity index (χ2n) is 7.04. The largest absolute Gasteiger partial charge is 0.364 e. The summed E-state index contributed by atoms with van der Waals surface area (Å²) in [5.74, 6) is -0.188. The zero-order valence-electron chi connectivity index (χ0n) is 15.1. The number of carbonyl (C=O) groups excluding carboxylic acids is 1. The molecule has 1 aliphatic rings. The van der Waals surface area contributed by atoms with Crippen LogP contribution in [0.4, 0.5) is 0 Å². The highest BCUT2D eigenvalue weighted by molar-refractivity contribution is 9.10. The van der Waals surface area contributed by atoms with Gasteiger partial charge in [0.15, 0.2) is 0 Å². The fourth-order valence-corrected chi connectivity index (χ4v) is 4.02. The van der Waals surface area contributed by atoms with Gasteiger partial charge >= 0.3 is 0 Å². The number of benzene rings is 2. The third kappa shape index (κ3) is 3.82. The highest BCUT2D eigenvalue weighted by Gasteiger charge is 2.28. The molecule has 0 bridgehead atoms. The minimum atomic E-state index is -3.32. The van der Waals surface area contributed by atoms with Gasteiger partial charge in [-0.25, -0.2) is 17.8 Å². The van der Waals surface area contributed by atoms with Gasteiger partial charge in [-0.2, -0.15) is 5.10 Å². The Bertz CT molecular complexity index is 1180. The Morgan fingerprint density at radius 1 is 1.29 bits per heavy atom. The smallest absolute Gasteiger partial charge is 0.268 e. The molecule has 2 aromatic carbocycles. The summed E-state index contributed by atoms with van der Waals surface area (Å²) in [7, 11) is -3.32. The molecule has 1 heterocycles. The third-order valence-electron chi connectivity index (χ3n) is 4.78. The summed E-state index contributed by atoms with van der Waals surface area (Å²) in [5.41, 5.74) is 9.25. The lowest BCUT2D eigenvalue weighted by atomic mass is 10.00. The molecule has 9 heteroatoms. The summed E-state index contributed by atoms with van der Waals surface area (Å²) in [6.07, 6.45) is 3.23. The number of halogens is 1. The number of nitrogens with one attached hydrogen (secondary N) is 1. The lowest BCUT2D eigenvalue weighted by Crippen LogP contribution is -2.22. The number of carbonyl (C=O) groups is 1. The van der Waals surface area contributed by atoms with E-state index in [2.05, 4.69) is 25.8 Å². The first-order valence-corrected chi connectivity index (χ1v) is 11.5. The van der Waals surface area contributed by atoms with E-state index in [0.29, 0.717) is 22.5 Å². The first kappa shape index (κ1) is 19.1. The first-order chi connectivity index (χ1) is 13.2. The number of rotatable bonds is 6. The van der Waals surface area contributed by atoms with Crippen molar-refractivity contribution in [3.63, 3.8) is 0 Å². The molecule has 0 unspecified atom stereocenters. The quantitative estimate of drug-likeness (QED) is 0.586. The number of nitrogens with zero attached hydrogens (tertiary/aromatic N) is 2. The molecule has 1 aromatic heterocycles. The van der Waals surface area contributed by atoms with Crippen molar-refractivity contribution in [3.05, 3.63) is 57.7 Å². The van der Waals surface area contributed by atoms with Crippen molar-refractivity contribution in [1.29, 1.82) is 0 Å². The summed E-state index contributed by atoms with van der Waals surface area (Å²) in [6.45, 7) is 0.192. The van der Waals surface area contributed by atoms with Gasteiger partial charge in [0.1, 0.15) is 5.69 Å². The van der Waals surface area contributed by atoms with E-state index in [4.69, 9.17) is 5.73 Å². The Kier molecular flexibility index (Phi) is 4.76. The van der Waals surface area contributed by atoms with Crippen molar-refractivity contribution in [2.24, 2.45) is 5.73 Å². The van der Waals surface area contributed by atoms with Gasteiger partial charge < -0.3 is 5.73 Å².